The van der Waals surface area contributed by atoms with Crippen LogP contribution in [-0.2, 0) is 0 Å². The summed E-state index contributed by atoms with van der Waals surface area (Å²) in [5.41, 5.74) is 9.64. The molecule has 0 bridgehead atoms. The normalized spacial score (nSPS) is 12.5. The van der Waals surface area contributed by atoms with E-state index in [0.29, 0.717) is 6.54 Å². The molecule has 0 spiro atoms. The van der Waals surface area contributed by atoms with Crippen LogP contribution in [0.25, 0.3) is 10.1 Å². The predicted molar refractivity (Wildman–Crippen MR) is 88.4 cm³/mol. The Kier molecular flexibility index (Phi) is 3.72. The van der Waals surface area contributed by atoms with Crippen LogP contribution in [0.1, 0.15) is 17.2 Å². The molecule has 1 atom stereocenters. The molecule has 102 valence electrons. The van der Waals surface area contributed by atoms with E-state index in [-0.39, 0.29) is 6.04 Å². The Morgan fingerprint density at radius 2 is 2.00 bits per heavy atom. The van der Waals surface area contributed by atoms with Crippen molar-refractivity contribution in [3.8, 4) is 0 Å². The molecule has 3 rings (SSSR count). The van der Waals surface area contributed by atoms with Crippen molar-refractivity contribution in [3.05, 3.63) is 65.0 Å². The summed E-state index contributed by atoms with van der Waals surface area (Å²) in [5.74, 6) is 0. The van der Waals surface area contributed by atoms with Crippen LogP contribution in [0, 0.1) is 6.92 Å². The zero-order valence-electron chi connectivity index (χ0n) is 11.5. The smallest absolute Gasteiger partial charge is 0.0650 e. The third kappa shape index (κ3) is 2.55. The van der Waals surface area contributed by atoms with E-state index < -0.39 is 0 Å². The maximum absolute atomic E-state index is 5.98. The molecule has 1 unspecified atom stereocenters. The number of aryl methyl sites for hydroxylation is 1. The summed E-state index contributed by atoms with van der Waals surface area (Å²) in [7, 11) is 0. The van der Waals surface area contributed by atoms with Crippen molar-refractivity contribution in [1.29, 1.82) is 0 Å². The van der Waals surface area contributed by atoms with Gasteiger partial charge in [0.15, 0.2) is 0 Å². The second kappa shape index (κ2) is 5.65. The molecular weight excluding hydrogens is 264 g/mol. The van der Waals surface area contributed by atoms with Crippen LogP contribution in [-0.4, -0.2) is 6.54 Å². The fourth-order valence-electron chi connectivity index (χ4n) is 2.47. The minimum Gasteiger partial charge on any atom is -0.377 e. The van der Waals surface area contributed by atoms with Gasteiger partial charge >= 0.3 is 0 Å². The van der Waals surface area contributed by atoms with Crippen molar-refractivity contribution in [1.82, 2.24) is 0 Å². The maximum atomic E-state index is 5.98. The summed E-state index contributed by atoms with van der Waals surface area (Å²) >= 11 is 1.78. The molecule has 3 heteroatoms. The maximum Gasteiger partial charge on any atom is 0.0650 e. The largest absolute Gasteiger partial charge is 0.377 e. The fraction of sp³-hybridized carbons (Fsp3) is 0.176. The summed E-state index contributed by atoms with van der Waals surface area (Å²) in [6, 6.07) is 17.0. The number of nitrogens with two attached hydrogens (primary N) is 1. The molecule has 0 aliphatic heterocycles. The Bertz CT molecular complexity index is 718. The van der Waals surface area contributed by atoms with Crippen molar-refractivity contribution < 1.29 is 0 Å². The molecule has 2 aromatic carbocycles. The quantitative estimate of drug-likeness (QED) is 0.748. The Labute approximate surface area is 123 Å². The number of anilines is 1. The lowest BCUT2D eigenvalue weighted by molar-refractivity contribution is 0.799. The minimum atomic E-state index is 0.146. The van der Waals surface area contributed by atoms with Gasteiger partial charge in [-0.05, 0) is 47.0 Å². The van der Waals surface area contributed by atoms with Gasteiger partial charge in [0.2, 0.25) is 0 Å². The zero-order valence-corrected chi connectivity index (χ0v) is 12.3. The number of thiophene rings is 1. The third-order valence-electron chi connectivity index (χ3n) is 3.48. The molecule has 0 saturated carbocycles. The molecule has 0 fully saturated rings. The zero-order chi connectivity index (χ0) is 13.9. The van der Waals surface area contributed by atoms with Crippen LogP contribution in [0.5, 0.6) is 0 Å². The summed E-state index contributed by atoms with van der Waals surface area (Å²) < 4.78 is 1.31. The summed E-state index contributed by atoms with van der Waals surface area (Å²) in [4.78, 5) is 0. The lowest BCUT2D eigenvalue weighted by Crippen LogP contribution is -2.20. The molecule has 0 saturated heterocycles. The average molecular weight is 282 g/mol. The van der Waals surface area contributed by atoms with E-state index in [1.807, 2.05) is 0 Å². The van der Waals surface area contributed by atoms with Gasteiger partial charge in [-0.2, -0.15) is 0 Å². The number of rotatable bonds is 4. The number of nitrogens with one attached hydrogen (secondary N) is 1. The van der Waals surface area contributed by atoms with Gasteiger partial charge < -0.3 is 11.1 Å². The molecule has 1 heterocycles. The van der Waals surface area contributed by atoms with Crippen molar-refractivity contribution >= 4 is 27.1 Å². The average Bonchev–Trinajstić information content (AvgIpc) is 2.89. The van der Waals surface area contributed by atoms with E-state index in [1.54, 1.807) is 11.3 Å². The lowest BCUT2D eigenvalue weighted by Gasteiger charge is -2.18. The second-order valence-corrected chi connectivity index (χ2v) is 5.90. The standard InChI is InChI=1S/C17H18N2S/c1-12-5-4-6-13(9-12)19-16(10-18)15-11-20-17-8-3-2-7-14(15)17/h2-9,11,16,19H,10,18H2,1H3. The molecule has 3 N–H and O–H groups in total. The van der Waals surface area contributed by atoms with Crippen LogP contribution >= 0.6 is 11.3 Å². The predicted octanol–water partition coefficient (Wildman–Crippen LogP) is 4.32. The minimum absolute atomic E-state index is 0.146. The van der Waals surface area contributed by atoms with Crippen molar-refractivity contribution in [2.24, 2.45) is 5.73 Å². The summed E-state index contributed by atoms with van der Waals surface area (Å²) in [6.07, 6.45) is 0. The molecule has 1 aromatic heterocycles. The van der Waals surface area contributed by atoms with Crippen LogP contribution in [0.2, 0.25) is 0 Å². The Morgan fingerprint density at radius 3 is 2.80 bits per heavy atom. The Balaban J connectivity index is 1.93. The molecule has 0 amide bonds. The van der Waals surface area contributed by atoms with Gasteiger partial charge in [0.05, 0.1) is 6.04 Å². The number of hydrogen-bond donors (Lipinski definition) is 2. The highest BCUT2D eigenvalue weighted by atomic mass is 32.1. The first-order valence-corrected chi connectivity index (χ1v) is 7.65. The molecular formula is C17H18N2S. The van der Waals surface area contributed by atoms with Crippen LogP contribution in [0.4, 0.5) is 5.69 Å². The molecule has 0 radical (unpaired) electrons. The molecule has 0 aliphatic carbocycles. The Morgan fingerprint density at radius 1 is 1.15 bits per heavy atom. The highest BCUT2D eigenvalue weighted by molar-refractivity contribution is 7.17. The van der Waals surface area contributed by atoms with Crippen molar-refractivity contribution in [2.45, 2.75) is 13.0 Å². The van der Waals surface area contributed by atoms with Gasteiger partial charge in [0.25, 0.3) is 0 Å². The van der Waals surface area contributed by atoms with Gasteiger partial charge in [0.1, 0.15) is 0 Å². The molecule has 0 aliphatic rings. The first kappa shape index (κ1) is 13.2. The topological polar surface area (TPSA) is 38.0 Å². The van der Waals surface area contributed by atoms with Gasteiger partial charge in [-0.3, -0.25) is 0 Å². The van der Waals surface area contributed by atoms with Gasteiger partial charge in [0, 0.05) is 16.9 Å². The second-order valence-electron chi connectivity index (χ2n) is 4.99. The van der Waals surface area contributed by atoms with E-state index in [0.717, 1.165) is 5.69 Å². The van der Waals surface area contributed by atoms with Crippen molar-refractivity contribution in [3.63, 3.8) is 0 Å². The number of fused-ring (bicyclic) bond motifs is 1. The van der Waals surface area contributed by atoms with Gasteiger partial charge in [-0.15, -0.1) is 11.3 Å². The fourth-order valence-corrected chi connectivity index (χ4v) is 3.48. The van der Waals surface area contributed by atoms with Crippen LogP contribution < -0.4 is 11.1 Å². The van der Waals surface area contributed by atoms with E-state index in [9.17, 15) is 0 Å². The van der Waals surface area contributed by atoms with E-state index >= 15 is 0 Å². The third-order valence-corrected chi connectivity index (χ3v) is 4.46. The highest BCUT2D eigenvalue weighted by Gasteiger charge is 2.14. The van der Waals surface area contributed by atoms with Gasteiger partial charge in [-0.1, -0.05) is 30.3 Å². The monoisotopic (exact) mass is 282 g/mol. The first-order chi connectivity index (χ1) is 9.78. The number of benzene rings is 2. The first-order valence-electron chi connectivity index (χ1n) is 6.77. The summed E-state index contributed by atoms with van der Waals surface area (Å²) in [5, 5.41) is 7.06. The molecule has 20 heavy (non-hydrogen) atoms. The lowest BCUT2D eigenvalue weighted by atomic mass is 10.1. The molecule has 3 aromatic rings. The summed E-state index contributed by atoms with van der Waals surface area (Å²) in [6.45, 7) is 2.68. The van der Waals surface area contributed by atoms with E-state index in [2.05, 4.69) is 66.2 Å². The van der Waals surface area contributed by atoms with Gasteiger partial charge in [-0.25, -0.2) is 0 Å². The SMILES string of the molecule is Cc1cccc(NC(CN)c2csc3ccccc23)c1. The molecule has 2 nitrogen and oxygen atoms in total. The number of hydrogen-bond acceptors (Lipinski definition) is 3. The van der Waals surface area contributed by atoms with E-state index in [4.69, 9.17) is 5.73 Å². The van der Waals surface area contributed by atoms with E-state index in [1.165, 1.54) is 21.2 Å². The Hall–Kier alpha value is -1.84. The highest BCUT2D eigenvalue weighted by Crippen LogP contribution is 2.31. The van der Waals surface area contributed by atoms with Crippen molar-refractivity contribution in [2.75, 3.05) is 11.9 Å². The van der Waals surface area contributed by atoms with Crippen LogP contribution in [0.3, 0.4) is 0 Å². The van der Waals surface area contributed by atoms with Crippen LogP contribution in [0.15, 0.2) is 53.9 Å².